The summed E-state index contributed by atoms with van der Waals surface area (Å²) in [7, 11) is 0. The van der Waals surface area contributed by atoms with E-state index < -0.39 is 29.1 Å². The number of alkyl halides is 3. The number of hydrogen-bond acceptors (Lipinski definition) is 8. The maximum Gasteiger partial charge on any atom is 0.453 e. The monoisotopic (exact) mass is 611 g/mol. The minimum absolute atomic E-state index is 0.0297. The van der Waals surface area contributed by atoms with E-state index in [4.69, 9.17) is 23.4 Å². The number of morpholine rings is 1. The van der Waals surface area contributed by atoms with Crippen LogP contribution in [0.1, 0.15) is 45.3 Å². The fourth-order valence-electron chi connectivity index (χ4n) is 5.02. The van der Waals surface area contributed by atoms with Gasteiger partial charge in [0.25, 0.3) is 5.76 Å². The van der Waals surface area contributed by atoms with Crippen LogP contribution in [-0.4, -0.2) is 43.8 Å². The molecule has 4 aromatic rings. The number of nitrogens with zero attached hydrogens (tertiary/aromatic N) is 1. The molecule has 3 aromatic carbocycles. The highest BCUT2D eigenvalue weighted by molar-refractivity contribution is 5.92. The van der Waals surface area contributed by atoms with Gasteiger partial charge in [0, 0.05) is 19.6 Å². The second-order valence-electron chi connectivity index (χ2n) is 10.5. The van der Waals surface area contributed by atoms with Crippen molar-refractivity contribution in [1.82, 2.24) is 4.90 Å². The number of aryl methyl sites for hydroxylation is 2. The van der Waals surface area contributed by atoms with Crippen LogP contribution in [0.15, 0.2) is 57.7 Å². The fraction of sp³-hybridized carbons (Fsp3) is 0.333. The van der Waals surface area contributed by atoms with Gasteiger partial charge in [0.1, 0.15) is 22.8 Å². The Balaban J connectivity index is 1.64. The zero-order valence-corrected chi connectivity index (χ0v) is 24.8. The summed E-state index contributed by atoms with van der Waals surface area (Å²) in [5.74, 6) is -2.62. The molecule has 11 heteroatoms. The lowest BCUT2D eigenvalue weighted by atomic mass is 10.1. The van der Waals surface area contributed by atoms with Crippen molar-refractivity contribution in [1.29, 1.82) is 0 Å². The van der Waals surface area contributed by atoms with E-state index in [1.165, 1.54) is 24.3 Å². The third kappa shape index (κ3) is 6.58. The van der Waals surface area contributed by atoms with Crippen molar-refractivity contribution >= 4 is 16.9 Å². The Hall–Kier alpha value is -4.35. The largest absolute Gasteiger partial charge is 0.494 e. The number of halogens is 3. The Kier molecular flexibility index (Phi) is 8.98. The number of fused-ring (bicyclic) bond motifs is 1. The van der Waals surface area contributed by atoms with Crippen molar-refractivity contribution in [3.63, 3.8) is 0 Å². The predicted octanol–water partition coefficient (Wildman–Crippen LogP) is 6.98. The van der Waals surface area contributed by atoms with E-state index in [0.717, 1.165) is 11.1 Å². The maximum absolute atomic E-state index is 14.5. The molecule has 0 amide bonds. The molecule has 1 saturated heterocycles. The number of hydrogen-bond donors (Lipinski definition) is 0. The number of rotatable bonds is 8. The molecular formula is C33H32F3NO7. The first-order valence-electron chi connectivity index (χ1n) is 14.2. The molecule has 0 radical (unpaired) electrons. The molecule has 5 rings (SSSR count). The number of carbonyl (C=O) groups is 1. The summed E-state index contributed by atoms with van der Waals surface area (Å²) >= 11 is 0. The molecule has 1 fully saturated rings. The highest BCUT2D eigenvalue weighted by Gasteiger charge is 2.41. The zero-order valence-electron chi connectivity index (χ0n) is 24.8. The van der Waals surface area contributed by atoms with Crippen LogP contribution in [0, 0.1) is 20.8 Å². The third-order valence-electron chi connectivity index (χ3n) is 7.40. The highest BCUT2D eigenvalue weighted by atomic mass is 19.4. The van der Waals surface area contributed by atoms with Crippen molar-refractivity contribution in [3.8, 4) is 23.0 Å². The lowest BCUT2D eigenvalue weighted by Crippen LogP contribution is -2.36. The lowest BCUT2D eigenvalue weighted by Gasteiger charge is -2.27. The minimum Gasteiger partial charge on any atom is -0.494 e. The summed E-state index contributed by atoms with van der Waals surface area (Å²) in [5.41, 5.74) is 1.14. The van der Waals surface area contributed by atoms with Crippen LogP contribution in [0.2, 0.25) is 0 Å². The molecule has 44 heavy (non-hydrogen) atoms. The number of benzene rings is 3. The highest BCUT2D eigenvalue weighted by Crippen LogP contribution is 2.41. The van der Waals surface area contributed by atoms with Gasteiger partial charge in [-0.1, -0.05) is 6.07 Å². The number of ether oxygens (including phenoxy) is 4. The van der Waals surface area contributed by atoms with Crippen molar-refractivity contribution in [2.75, 3.05) is 32.9 Å². The summed E-state index contributed by atoms with van der Waals surface area (Å²) in [5, 5.41) is -0.140. The van der Waals surface area contributed by atoms with E-state index in [1.807, 2.05) is 17.9 Å². The van der Waals surface area contributed by atoms with Gasteiger partial charge in [0.05, 0.1) is 36.3 Å². The summed E-state index contributed by atoms with van der Waals surface area (Å²) in [6.45, 7) is 9.40. The quantitative estimate of drug-likeness (QED) is 0.156. The molecule has 0 aliphatic carbocycles. The Bertz CT molecular complexity index is 1740. The first-order chi connectivity index (χ1) is 21.0. The molecule has 0 saturated carbocycles. The van der Waals surface area contributed by atoms with Gasteiger partial charge >= 0.3 is 12.1 Å². The molecule has 0 bridgehead atoms. The number of carbonyl (C=O) groups excluding carboxylic acids is 1. The zero-order chi connectivity index (χ0) is 31.6. The molecule has 232 valence electrons. The first-order valence-corrected chi connectivity index (χ1v) is 14.2. The van der Waals surface area contributed by atoms with Crippen molar-refractivity contribution < 1.29 is 41.3 Å². The summed E-state index contributed by atoms with van der Waals surface area (Å²) in [6, 6.07) is 12.4. The maximum atomic E-state index is 14.5. The first kappa shape index (κ1) is 31.1. The standard InChI is InChI=1S/C33H32F3NO7/c1-5-41-23-8-6-22(7-9-23)32(39)43-26-11-10-24-28(38)30(42-27-17-19(2)16-20(3)21(27)4)31(33(34,35)36)44-29(24)25(26)18-37-12-14-40-15-13-37/h6-11,16-17H,5,12-15,18H2,1-4H3. The fourth-order valence-corrected chi connectivity index (χ4v) is 5.02. The van der Waals surface area contributed by atoms with Gasteiger partial charge in [0.15, 0.2) is 0 Å². The van der Waals surface area contributed by atoms with E-state index in [0.29, 0.717) is 44.2 Å². The average Bonchev–Trinajstić information content (AvgIpc) is 2.98. The van der Waals surface area contributed by atoms with Gasteiger partial charge in [-0.05, 0) is 86.8 Å². The van der Waals surface area contributed by atoms with Gasteiger partial charge in [-0.2, -0.15) is 13.2 Å². The second kappa shape index (κ2) is 12.7. The van der Waals surface area contributed by atoms with E-state index >= 15 is 0 Å². The van der Waals surface area contributed by atoms with Crippen LogP contribution in [0.25, 0.3) is 11.0 Å². The SMILES string of the molecule is CCOc1ccc(C(=O)Oc2ccc3c(=O)c(Oc4cc(C)cc(C)c4C)c(C(F)(F)F)oc3c2CN2CCOCC2)cc1. The molecule has 2 heterocycles. The molecule has 0 unspecified atom stereocenters. The van der Waals surface area contributed by atoms with Crippen LogP contribution in [0.5, 0.6) is 23.0 Å². The van der Waals surface area contributed by atoms with Gasteiger partial charge in [0.2, 0.25) is 11.2 Å². The Labute approximate surface area is 251 Å². The van der Waals surface area contributed by atoms with E-state index in [-0.39, 0.29) is 40.1 Å². The summed E-state index contributed by atoms with van der Waals surface area (Å²) in [4.78, 5) is 28.8. The minimum atomic E-state index is -5.07. The normalized spacial score (nSPS) is 14.1. The lowest BCUT2D eigenvalue weighted by molar-refractivity contribution is -0.154. The Morgan fingerprint density at radius 2 is 1.68 bits per heavy atom. The van der Waals surface area contributed by atoms with Crippen LogP contribution < -0.4 is 19.6 Å². The Morgan fingerprint density at radius 3 is 2.34 bits per heavy atom. The second-order valence-corrected chi connectivity index (χ2v) is 10.5. The predicted molar refractivity (Wildman–Crippen MR) is 157 cm³/mol. The van der Waals surface area contributed by atoms with Crippen LogP contribution in [0.3, 0.4) is 0 Å². The van der Waals surface area contributed by atoms with Gasteiger partial charge in [-0.25, -0.2) is 4.79 Å². The number of esters is 1. The molecule has 0 atom stereocenters. The van der Waals surface area contributed by atoms with Crippen molar-refractivity contribution in [3.05, 3.63) is 92.3 Å². The van der Waals surface area contributed by atoms with E-state index in [1.54, 1.807) is 39.0 Å². The van der Waals surface area contributed by atoms with Crippen molar-refractivity contribution in [2.24, 2.45) is 0 Å². The van der Waals surface area contributed by atoms with Crippen LogP contribution in [0.4, 0.5) is 13.2 Å². The van der Waals surface area contributed by atoms with Crippen LogP contribution >= 0.6 is 0 Å². The Morgan fingerprint density at radius 1 is 0.977 bits per heavy atom. The molecule has 1 aliphatic heterocycles. The molecule has 8 nitrogen and oxygen atoms in total. The molecule has 1 aliphatic rings. The average molecular weight is 612 g/mol. The third-order valence-corrected chi connectivity index (χ3v) is 7.40. The van der Waals surface area contributed by atoms with Crippen LogP contribution in [-0.2, 0) is 17.5 Å². The molecule has 1 aromatic heterocycles. The van der Waals surface area contributed by atoms with Gasteiger partial charge in [-0.15, -0.1) is 0 Å². The molecule has 0 spiro atoms. The van der Waals surface area contributed by atoms with E-state index in [2.05, 4.69) is 0 Å². The smallest absolute Gasteiger partial charge is 0.453 e. The van der Waals surface area contributed by atoms with E-state index in [9.17, 15) is 22.8 Å². The topological polar surface area (TPSA) is 87.4 Å². The molecule has 0 N–H and O–H groups in total. The summed E-state index contributed by atoms with van der Waals surface area (Å²) < 4.78 is 71.2. The summed E-state index contributed by atoms with van der Waals surface area (Å²) in [6.07, 6.45) is -5.07. The van der Waals surface area contributed by atoms with Gasteiger partial charge < -0.3 is 23.4 Å². The molecular weight excluding hydrogens is 579 g/mol. The van der Waals surface area contributed by atoms with Gasteiger partial charge in [-0.3, -0.25) is 9.69 Å². The van der Waals surface area contributed by atoms with Crippen molar-refractivity contribution in [2.45, 2.75) is 40.4 Å².